The lowest BCUT2D eigenvalue weighted by atomic mass is 10.1. The number of halogens is 2. The van der Waals surface area contributed by atoms with Gasteiger partial charge < -0.3 is 4.90 Å². The molecule has 4 aromatic rings. The molecule has 0 aliphatic rings. The van der Waals surface area contributed by atoms with Crippen molar-refractivity contribution in [2.75, 3.05) is 4.90 Å². The number of thiazole rings is 1. The molecule has 2 heterocycles. The van der Waals surface area contributed by atoms with Crippen molar-refractivity contribution in [2.45, 2.75) is 6.54 Å². The molecule has 0 aliphatic heterocycles. The van der Waals surface area contributed by atoms with Crippen molar-refractivity contribution in [3.05, 3.63) is 83.8 Å². The maximum Gasteiger partial charge on any atom is 0.192 e. The number of aromatic nitrogens is 2. The zero-order valence-corrected chi connectivity index (χ0v) is 15.7. The van der Waals surface area contributed by atoms with Gasteiger partial charge in [-0.05, 0) is 42.0 Å². The van der Waals surface area contributed by atoms with E-state index in [1.165, 1.54) is 17.4 Å². The molecule has 0 unspecified atom stereocenters. The van der Waals surface area contributed by atoms with Gasteiger partial charge in [0, 0.05) is 6.20 Å². The molecule has 2 aromatic carbocycles. The Morgan fingerprint density at radius 1 is 1.07 bits per heavy atom. The molecule has 2 aromatic heterocycles. The van der Waals surface area contributed by atoms with Gasteiger partial charge in [-0.15, -0.1) is 12.4 Å². The Kier molecular flexibility index (Phi) is 5.65. The van der Waals surface area contributed by atoms with Crippen LogP contribution in [0.2, 0.25) is 0 Å². The minimum atomic E-state index is -0.323. The number of anilines is 2. The molecule has 7 heteroatoms. The van der Waals surface area contributed by atoms with Crippen molar-refractivity contribution < 1.29 is 4.39 Å². The summed E-state index contributed by atoms with van der Waals surface area (Å²) < 4.78 is 14.5. The van der Waals surface area contributed by atoms with Crippen LogP contribution < -0.4 is 4.90 Å². The van der Waals surface area contributed by atoms with Gasteiger partial charge in [-0.2, -0.15) is 5.26 Å². The van der Waals surface area contributed by atoms with E-state index >= 15 is 0 Å². The van der Waals surface area contributed by atoms with Gasteiger partial charge in [-0.1, -0.05) is 35.6 Å². The van der Waals surface area contributed by atoms with Gasteiger partial charge in [0.2, 0.25) is 0 Å². The zero-order valence-electron chi connectivity index (χ0n) is 14.0. The third kappa shape index (κ3) is 3.90. The predicted octanol–water partition coefficient (Wildman–Crippen LogP) is 5.46. The highest BCUT2D eigenvalue weighted by Gasteiger charge is 2.18. The van der Waals surface area contributed by atoms with E-state index in [0.29, 0.717) is 22.9 Å². The summed E-state index contributed by atoms with van der Waals surface area (Å²) in [6.07, 6.45) is 1.72. The molecule has 0 spiro atoms. The molecule has 134 valence electrons. The van der Waals surface area contributed by atoms with Crippen LogP contribution in [0.25, 0.3) is 10.3 Å². The van der Waals surface area contributed by atoms with E-state index in [4.69, 9.17) is 5.26 Å². The van der Waals surface area contributed by atoms with E-state index in [2.05, 4.69) is 16.0 Å². The SMILES string of the molecule is Cl.N#Cc1cccc(CN(c2nc3cccnc3s2)c2ccccc2F)c1. The summed E-state index contributed by atoms with van der Waals surface area (Å²) in [4.78, 5) is 11.6. The molecule has 27 heavy (non-hydrogen) atoms. The van der Waals surface area contributed by atoms with Crippen LogP contribution in [0, 0.1) is 17.1 Å². The first-order valence-electron chi connectivity index (χ1n) is 7.97. The molecule has 0 fully saturated rings. The molecule has 0 saturated carbocycles. The number of rotatable bonds is 4. The summed E-state index contributed by atoms with van der Waals surface area (Å²) in [6, 6.07) is 19.8. The second-order valence-electron chi connectivity index (χ2n) is 5.67. The highest BCUT2D eigenvalue weighted by molar-refractivity contribution is 7.21. The lowest BCUT2D eigenvalue weighted by molar-refractivity contribution is 0.624. The second-order valence-corrected chi connectivity index (χ2v) is 6.63. The number of pyridine rings is 1. The Morgan fingerprint density at radius 3 is 2.70 bits per heavy atom. The Labute approximate surface area is 166 Å². The number of benzene rings is 2. The van der Waals surface area contributed by atoms with Crippen molar-refractivity contribution in [1.82, 2.24) is 9.97 Å². The number of hydrogen-bond donors (Lipinski definition) is 0. The van der Waals surface area contributed by atoms with Crippen molar-refractivity contribution >= 4 is 44.9 Å². The van der Waals surface area contributed by atoms with Crippen LogP contribution in [0.1, 0.15) is 11.1 Å². The molecule has 0 aliphatic carbocycles. The molecule has 0 atom stereocenters. The lowest BCUT2D eigenvalue weighted by Gasteiger charge is -2.22. The predicted molar refractivity (Wildman–Crippen MR) is 108 cm³/mol. The number of hydrogen-bond acceptors (Lipinski definition) is 5. The molecular formula is C20H14ClFN4S. The molecule has 0 amide bonds. The van der Waals surface area contributed by atoms with Gasteiger partial charge in [-0.25, -0.2) is 14.4 Å². The van der Waals surface area contributed by atoms with Gasteiger partial charge in [0.1, 0.15) is 16.2 Å². The second kappa shape index (κ2) is 8.12. The maximum absolute atomic E-state index is 14.5. The Hall–Kier alpha value is -3.01. The van der Waals surface area contributed by atoms with E-state index in [1.807, 2.05) is 29.2 Å². The fourth-order valence-electron chi connectivity index (χ4n) is 2.72. The van der Waals surface area contributed by atoms with Crippen molar-refractivity contribution in [2.24, 2.45) is 0 Å². The van der Waals surface area contributed by atoms with Gasteiger partial charge in [0.05, 0.1) is 23.9 Å². The van der Waals surface area contributed by atoms with Gasteiger partial charge in [0.25, 0.3) is 0 Å². The highest BCUT2D eigenvalue weighted by Crippen LogP contribution is 2.34. The minimum absolute atomic E-state index is 0. The fourth-order valence-corrected chi connectivity index (χ4v) is 3.64. The lowest BCUT2D eigenvalue weighted by Crippen LogP contribution is -2.17. The van der Waals surface area contributed by atoms with Crippen LogP contribution >= 0.6 is 23.7 Å². The number of fused-ring (bicyclic) bond motifs is 1. The normalized spacial score (nSPS) is 10.2. The third-order valence-electron chi connectivity index (χ3n) is 3.93. The smallest absolute Gasteiger partial charge is 0.192 e. The summed E-state index contributed by atoms with van der Waals surface area (Å²) in [5.41, 5.74) is 2.69. The standard InChI is InChI=1S/C20H13FN4S.ClH/c21-16-7-1-2-9-18(16)25(13-15-6-3-5-14(11-15)12-22)20-24-17-8-4-10-23-19(17)26-20;/h1-11H,13H2;1H. The van der Waals surface area contributed by atoms with E-state index < -0.39 is 0 Å². The Bertz CT molecular complexity index is 1090. The van der Waals surface area contributed by atoms with Gasteiger partial charge >= 0.3 is 0 Å². The molecule has 4 rings (SSSR count). The summed E-state index contributed by atoms with van der Waals surface area (Å²) in [5, 5.41) is 9.79. The third-order valence-corrected chi connectivity index (χ3v) is 4.93. The fraction of sp³-hybridized carbons (Fsp3) is 0.0500. The summed E-state index contributed by atoms with van der Waals surface area (Å²) in [7, 11) is 0. The average molecular weight is 397 g/mol. The van der Waals surface area contributed by atoms with Crippen LogP contribution in [0.3, 0.4) is 0 Å². The quantitative estimate of drug-likeness (QED) is 0.459. The van der Waals surface area contributed by atoms with Crippen LogP contribution in [0.5, 0.6) is 0 Å². The Morgan fingerprint density at radius 2 is 1.93 bits per heavy atom. The number of para-hydroxylation sites is 1. The summed E-state index contributed by atoms with van der Waals surface area (Å²) in [6.45, 7) is 0.399. The van der Waals surface area contributed by atoms with Crippen LogP contribution in [-0.2, 0) is 6.54 Å². The highest BCUT2D eigenvalue weighted by atomic mass is 35.5. The summed E-state index contributed by atoms with van der Waals surface area (Å²) >= 11 is 1.41. The first kappa shape index (κ1) is 18.8. The van der Waals surface area contributed by atoms with E-state index in [9.17, 15) is 4.39 Å². The molecule has 4 nitrogen and oxygen atoms in total. The monoisotopic (exact) mass is 396 g/mol. The molecule has 0 radical (unpaired) electrons. The van der Waals surface area contributed by atoms with Crippen molar-refractivity contribution in [3.63, 3.8) is 0 Å². The number of nitriles is 1. The molecule has 0 N–H and O–H groups in total. The first-order chi connectivity index (χ1) is 12.7. The maximum atomic E-state index is 14.5. The van der Waals surface area contributed by atoms with Gasteiger partial charge in [-0.3, -0.25) is 0 Å². The molecule has 0 bridgehead atoms. The first-order valence-corrected chi connectivity index (χ1v) is 8.79. The van der Waals surface area contributed by atoms with E-state index in [0.717, 1.165) is 15.9 Å². The largest absolute Gasteiger partial charge is 0.311 e. The number of nitrogens with zero attached hydrogens (tertiary/aromatic N) is 4. The Balaban J connectivity index is 0.00000210. The summed E-state index contributed by atoms with van der Waals surface area (Å²) in [5.74, 6) is -0.323. The average Bonchev–Trinajstić information content (AvgIpc) is 3.11. The molecule has 0 saturated heterocycles. The van der Waals surface area contributed by atoms with E-state index in [1.54, 1.807) is 36.5 Å². The minimum Gasteiger partial charge on any atom is -0.311 e. The topological polar surface area (TPSA) is 52.8 Å². The van der Waals surface area contributed by atoms with Crippen LogP contribution in [-0.4, -0.2) is 9.97 Å². The van der Waals surface area contributed by atoms with Crippen LogP contribution in [0.4, 0.5) is 15.2 Å². The molecular weight excluding hydrogens is 383 g/mol. The van der Waals surface area contributed by atoms with Crippen LogP contribution in [0.15, 0.2) is 66.9 Å². The van der Waals surface area contributed by atoms with E-state index in [-0.39, 0.29) is 18.2 Å². The zero-order chi connectivity index (χ0) is 17.9. The van der Waals surface area contributed by atoms with Crippen molar-refractivity contribution in [1.29, 1.82) is 5.26 Å². The van der Waals surface area contributed by atoms with Gasteiger partial charge in [0.15, 0.2) is 5.13 Å². The van der Waals surface area contributed by atoms with Crippen molar-refractivity contribution in [3.8, 4) is 6.07 Å².